The standard InChI is InChI=1S/C15H18BFN2O2/c1-14(2)15(3,4)21-16(20-14)7-5-12-10-19-13(17)9-11(12)6-8-18/h5,7,9-10H,6H2,1-4H3/b7-5+. The molecule has 0 bridgehead atoms. The van der Waals surface area contributed by atoms with Gasteiger partial charge in [-0.2, -0.15) is 9.65 Å². The van der Waals surface area contributed by atoms with E-state index in [0.717, 1.165) is 0 Å². The Morgan fingerprint density at radius 1 is 1.33 bits per heavy atom. The van der Waals surface area contributed by atoms with E-state index in [2.05, 4.69) is 4.98 Å². The van der Waals surface area contributed by atoms with Gasteiger partial charge in [-0.15, -0.1) is 0 Å². The Balaban J connectivity index is 2.18. The van der Waals surface area contributed by atoms with Gasteiger partial charge < -0.3 is 9.31 Å². The number of halogens is 1. The highest BCUT2D eigenvalue weighted by Crippen LogP contribution is 2.37. The summed E-state index contributed by atoms with van der Waals surface area (Å²) in [5.74, 6) is 1.17. The van der Waals surface area contributed by atoms with Crippen molar-refractivity contribution in [3.05, 3.63) is 35.3 Å². The second-order valence-corrected chi connectivity index (χ2v) is 6.02. The van der Waals surface area contributed by atoms with Crippen LogP contribution in [0, 0.1) is 17.3 Å². The largest absolute Gasteiger partial charge is 0.487 e. The molecule has 0 aliphatic carbocycles. The highest BCUT2D eigenvalue weighted by atomic mass is 19.1. The first-order valence-corrected chi connectivity index (χ1v) is 6.80. The Morgan fingerprint density at radius 3 is 2.52 bits per heavy atom. The lowest BCUT2D eigenvalue weighted by molar-refractivity contribution is 0.00578. The van der Waals surface area contributed by atoms with Crippen molar-refractivity contribution >= 4 is 13.2 Å². The molecule has 0 radical (unpaired) electrons. The van der Waals surface area contributed by atoms with Gasteiger partial charge in [0, 0.05) is 6.20 Å². The topological polar surface area (TPSA) is 55.1 Å². The number of hydrogen-bond donors (Lipinski definition) is 0. The lowest BCUT2D eigenvalue weighted by Gasteiger charge is -2.32. The zero-order valence-corrected chi connectivity index (χ0v) is 12.7. The van der Waals surface area contributed by atoms with E-state index in [-0.39, 0.29) is 6.42 Å². The van der Waals surface area contributed by atoms with Crippen LogP contribution in [0.5, 0.6) is 0 Å². The van der Waals surface area contributed by atoms with Crippen molar-refractivity contribution < 1.29 is 13.7 Å². The minimum absolute atomic E-state index is 0.127. The van der Waals surface area contributed by atoms with E-state index in [1.165, 1.54) is 12.3 Å². The molecule has 21 heavy (non-hydrogen) atoms. The lowest BCUT2D eigenvalue weighted by Crippen LogP contribution is -2.41. The molecule has 0 amide bonds. The summed E-state index contributed by atoms with van der Waals surface area (Å²) in [4.78, 5) is 3.62. The number of nitrogens with zero attached hydrogens (tertiary/aromatic N) is 2. The van der Waals surface area contributed by atoms with Gasteiger partial charge in [-0.25, -0.2) is 4.98 Å². The molecule has 4 nitrogen and oxygen atoms in total. The van der Waals surface area contributed by atoms with Crippen LogP contribution in [-0.2, 0) is 15.7 Å². The van der Waals surface area contributed by atoms with Crippen LogP contribution in [0.15, 0.2) is 18.2 Å². The van der Waals surface area contributed by atoms with E-state index in [9.17, 15) is 4.39 Å². The van der Waals surface area contributed by atoms with Gasteiger partial charge in [0.05, 0.1) is 23.7 Å². The molecule has 0 N–H and O–H groups in total. The molecule has 0 spiro atoms. The Hall–Kier alpha value is -1.71. The Kier molecular flexibility index (Phi) is 4.17. The Bertz CT molecular complexity index is 592. The fraction of sp³-hybridized carbons (Fsp3) is 0.467. The molecule has 1 aliphatic heterocycles. The molecule has 1 aliphatic rings. The van der Waals surface area contributed by atoms with Gasteiger partial charge in [-0.3, -0.25) is 0 Å². The first-order chi connectivity index (χ1) is 9.75. The second-order valence-electron chi connectivity index (χ2n) is 6.02. The third-order valence-corrected chi connectivity index (χ3v) is 3.96. The molecule has 0 saturated carbocycles. The Morgan fingerprint density at radius 2 is 1.95 bits per heavy atom. The molecule has 1 aromatic rings. The van der Waals surface area contributed by atoms with Gasteiger partial charge in [0.2, 0.25) is 5.95 Å². The average Bonchev–Trinajstić information content (AvgIpc) is 2.57. The smallest absolute Gasteiger partial charge is 0.400 e. The van der Waals surface area contributed by atoms with E-state index in [0.29, 0.717) is 11.1 Å². The number of aromatic nitrogens is 1. The summed E-state index contributed by atoms with van der Waals surface area (Å²) in [6.07, 6.45) is 3.29. The molecule has 0 aromatic carbocycles. The predicted octanol–water partition coefficient (Wildman–Crippen LogP) is 2.93. The minimum atomic E-state index is -0.590. The summed E-state index contributed by atoms with van der Waals surface area (Å²) in [7, 11) is -0.477. The van der Waals surface area contributed by atoms with E-state index >= 15 is 0 Å². The quantitative estimate of drug-likeness (QED) is 0.634. The van der Waals surface area contributed by atoms with Crippen molar-refractivity contribution in [3.63, 3.8) is 0 Å². The molecule has 1 fully saturated rings. The average molecular weight is 288 g/mol. The number of nitriles is 1. The summed E-state index contributed by atoms with van der Waals surface area (Å²) >= 11 is 0. The summed E-state index contributed by atoms with van der Waals surface area (Å²) < 4.78 is 24.8. The van der Waals surface area contributed by atoms with E-state index in [1.54, 1.807) is 12.1 Å². The van der Waals surface area contributed by atoms with Crippen LogP contribution in [0.3, 0.4) is 0 Å². The summed E-state index contributed by atoms with van der Waals surface area (Å²) in [5.41, 5.74) is 0.474. The number of rotatable bonds is 3. The third-order valence-electron chi connectivity index (χ3n) is 3.96. The van der Waals surface area contributed by atoms with Crippen molar-refractivity contribution in [2.45, 2.75) is 45.3 Å². The van der Waals surface area contributed by atoms with Crippen molar-refractivity contribution in [2.24, 2.45) is 0 Å². The van der Waals surface area contributed by atoms with E-state index < -0.39 is 24.3 Å². The minimum Gasteiger partial charge on any atom is -0.400 e. The molecule has 6 heteroatoms. The third kappa shape index (κ3) is 3.31. The van der Waals surface area contributed by atoms with Crippen LogP contribution in [0.2, 0.25) is 0 Å². The van der Waals surface area contributed by atoms with Crippen molar-refractivity contribution in [2.75, 3.05) is 0 Å². The van der Waals surface area contributed by atoms with Gasteiger partial charge in [0.1, 0.15) is 0 Å². The van der Waals surface area contributed by atoms with Crippen molar-refractivity contribution in [1.82, 2.24) is 4.98 Å². The van der Waals surface area contributed by atoms with Crippen LogP contribution < -0.4 is 0 Å². The highest BCUT2D eigenvalue weighted by molar-refractivity contribution is 6.52. The zero-order chi connectivity index (χ0) is 15.7. The Labute approximate surface area is 124 Å². The van der Waals surface area contributed by atoms with Crippen LogP contribution >= 0.6 is 0 Å². The first-order valence-electron chi connectivity index (χ1n) is 6.80. The lowest BCUT2D eigenvalue weighted by atomic mass is 9.88. The van der Waals surface area contributed by atoms with Gasteiger partial charge in [-0.1, -0.05) is 12.1 Å². The number of pyridine rings is 1. The fourth-order valence-corrected chi connectivity index (χ4v) is 2.02. The van der Waals surface area contributed by atoms with E-state index in [4.69, 9.17) is 14.6 Å². The van der Waals surface area contributed by atoms with Crippen molar-refractivity contribution in [3.8, 4) is 6.07 Å². The summed E-state index contributed by atoms with van der Waals surface area (Å²) in [5, 5.41) is 8.79. The normalized spacial score (nSPS) is 19.9. The molecule has 110 valence electrons. The summed E-state index contributed by atoms with van der Waals surface area (Å²) in [6.45, 7) is 7.89. The molecule has 2 rings (SSSR count). The van der Waals surface area contributed by atoms with Gasteiger partial charge in [-0.05, 0) is 44.9 Å². The number of hydrogen-bond acceptors (Lipinski definition) is 4. The molecule has 1 aromatic heterocycles. The van der Waals surface area contributed by atoms with Gasteiger partial charge >= 0.3 is 7.12 Å². The maximum atomic E-state index is 13.1. The molecular formula is C15H18BFN2O2. The molecule has 0 unspecified atom stereocenters. The molecular weight excluding hydrogens is 270 g/mol. The van der Waals surface area contributed by atoms with Crippen LogP contribution in [0.25, 0.3) is 6.08 Å². The van der Waals surface area contributed by atoms with Gasteiger partial charge in [0.25, 0.3) is 0 Å². The second kappa shape index (κ2) is 5.59. The SMILES string of the molecule is CC1(C)OB(/C=C/c2cnc(F)cc2CC#N)OC1(C)C. The summed E-state index contributed by atoms with van der Waals surface area (Å²) in [6, 6.07) is 3.29. The van der Waals surface area contributed by atoms with Crippen LogP contribution in [-0.4, -0.2) is 23.3 Å². The molecule has 1 saturated heterocycles. The molecule has 0 atom stereocenters. The van der Waals surface area contributed by atoms with E-state index in [1.807, 2.05) is 33.8 Å². The highest BCUT2D eigenvalue weighted by Gasteiger charge is 2.49. The maximum Gasteiger partial charge on any atom is 0.487 e. The molecule has 2 heterocycles. The van der Waals surface area contributed by atoms with Gasteiger partial charge in [0.15, 0.2) is 0 Å². The first kappa shape index (κ1) is 15.7. The fourth-order valence-electron chi connectivity index (χ4n) is 2.02. The maximum absolute atomic E-state index is 13.1. The zero-order valence-electron chi connectivity index (χ0n) is 12.7. The van der Waals surface area contributed by atoms with Crippen LogP contribution in [0.4, 0.5) is 4.39 Å². The monoisotopic (exact) mass is 288 g/mol. The van der Waals surface area contributed by atoms with Crippen LogP contribution in [0.1, 0.15) is 38.8 Å². The predicted molar refractivity (Wildman–Crippen MR) is 78.6 cm³/mol. The van der Waals surface area contributed by atoms with Crippen molar-refractivity contribution in [1.29, 1.82) is 5.26 Å².